The van der Waals surface area contributed by atoms with Crippen molar-refractivity contribution >= 4 is 23.5 Å². The molecule has 7 heteroatoms. The largest absolute Gasteiger partial charge is 0.344 e. The predicted molar refractivity (Wildman–Crippen MR) is 125 cm³/mol. The number of amides is 3. The molecule has 0 spiro atoms. The highest BCUT2D eigenvalue weighted by molar-refractivity contribution is 5.96. The van der Waals surface area contributed by atoms with Crippen LogP contribution in [0, 0.1) is 17.8 Å². The second kappa shape index (κ2) is 11.3. The normalized spacial score (nSPS) is 23.4. The number of nitrogens with one attached hydrogen (secondary N) is 1. The fraction of sp³-hybridized carbons (Fsp3) is 0.840. The van der Waals surface area contributed by atoms with Gasteiger partial charge in [-0.05, 0) is 57.3 Å². The van der Waals surface area contributed by atoms with Crippen molar-refractivity contribution in [2.75, 3.05) is 19.6 Å². The van der Waals surface area contributed by atoms with Gasteiger partial charge in [-0.25, -0.2) is 0 Å². The molecule has 0 saturated carbocycles. The van der Waals surface area contributed by atoms with E-state index in [-0.39, 0.29) is 41.8 Å². The first kappa shape index (κ1) is 26.3. The first-order valence-electron chi connectivity index (χ1n) is 12.4. The van der Waals surface area contributed by atoms with Crippen LogP contribution in [0.1, 0.15) is 86.5 Å². The van der Waals surface area contributed by atoms with Gasteiger partial charge in [0.2, 0.25) is 17.7 Å². The van der Waals surface area contributed by atoms with E-state index in [2.05, 4.69) is 5.32 Å². The van der Waals surface area contributed by atoms with Crippen LogP contribution in [0.15, 0.2) is 0 Å². The van der Waals surface area contributed by atoms with Crippen molar-refractivity contribution < 1.29 is 19.2 Å². The van der Waals surface area contributed by atoms with E-state index in [4.69, 9.17) is 0 Å². The van der Waals surface area contributed by atoms with Gasteiger partial charge in [0, 0.05) is 38.9 Å². The number of carbonyl (C=O) groups is 4. The van der Waals surface area contributed by atoms with E-state index in [1.165, 1.54) is 6.92 Å². The van der Waals surface area contributed by atoms with Crippen molar-refractivity contribution in [3.05, 3.63) is 0 Å². The molecule has 0 radical (unpaired) electrons. The lowest BCUT2D eigenvalue weighted by molar-refractivity contribution is -0.144. The van der Waals surface area contributed by atoms with E-state index in [9.17, 15) is 19.2 Å². The maximum absolute atomic E-state index is 13.3. The molecule has 1 N–H and O–H groups in total. The Labute approximate surface area is 193 Å². The topological polar surface area (TPSA) is 86.8 Å². The zero-order chi connectivity index (χ0) is 24.1. The molecule has 3 amide bonds. The van der Waals surface area contributed by atoms with Crippen molar-refractivity contribution in [1.82, 2.24) is 15.1 Å². The Morgan fingerprint density at radius 3 is 2.09 bits per heavy atom. The van der Waals surface area contributed by atoms with Gasteiger partial charge in [-0.15, -0.1) is 0 Å². The Bertz CT molecular complexity index is 699. The highest BCUT2D eigenvalue weighted by atomic mass is 16.2. The van der Waals surface area contributed by atoms with Gasteiger partial charge in [-0.3, -0.25) is 19.2 Å². The smallest absolute Gasteiger partial charge is 0.245 e. The number of ketones is 1. The summed E-state index contributed by atoms with van der Waals surface area (Å²) < 4.78 is 0. The number of nitrogens with zero attached hydrogens (tertiary/aromatic N) is 2. The Kier molecular flexibility index (Phi) is 9.28. The molecule has 7 nitrogen and oxygen atoms in total. The maximum Gasteiger partial charge on any atom is 0.245 e. The molecule has 0 bridgehead atoms. The van der Waals surface area contributed by atoms with E-state index in [1.807, 2.05) is 39.5 Å². The third kappa shape index (κ3) is 6.32. The first-order valence-corrected chi connectivity index (χ1v) is 12.4. The highest BCUT2D eigenvalue weighted by Crippen LogP contribution is 2.33. The van der Waals surface area contributed by atoms with Crippen LogP contribution in [0.4, 0.5) is 0 Å². The number of hydrogen-bond acceptors (Lipinski definition) is 4. The van der Waals surface area contributed by atoms with Crippen LogP contribution in [-0.2, 0) is 19.2 Å². The summed E-state index contributed by atoms with van der Waals surface area (Å²) >= 11 is 0. The maximum atomic E-state index is 13.3. The highest BCUT2D eigenvalue weighted by Gasteiger charge is 2.45. The second-order valence-corrected chi connectivity index (χ2v) is 10.6. The zero-order valence-electron chi connectivity index (χ0n) is 20.9. The van der Waals surface area contributed by atoms with Gasteiger partial charge in [0.1, 0.15) is 6.04 Å². The lowest BCUT2D eigenvalue weighted by Crippen LogP contribution is -2.54. The van der Waals surface area contributed by atoms with E-state index in [1.54, 1.807) is 4.90 Å². The van der Waals surface area contributed by atoms with E-state index < -0.39 is 17.5 Å². The Balaban J connectivity index is 2.13. The summed E-state index contributed by atoms with van der Waals surface area (Å²) in [5.74, 6) is -0.743. The molecule has 1 unspecified atom stereocenters. The number of Topliss-reactive ketones (excluding diaryl/α,β-unsaturated/α-hetero) is 1. The average molecular weight is 450 g/mol. The van der Waals surface area contributed by atoms with Gasteiger partial charge in [0.05, 0.1) is 5.54 Å². The Morgan fingerprint density at radius 2 is 1.56 bits per heavy atom. The summed E-state index contributed by atoms with van der Waals surface area (Å²) in [7, 11) is 0. The van der Waals surface area contributed by atoms with Gasteiger partial charge >= 0.3 is 0 Å². The SMILES string of the molecule is CC(=O)N1CCCC1(C)C(=O)C[C@H](C(=O)N[C@@H](CC(C)C)C(=O)N1CCCCC1)C(C)C. The molecule has 2 rings (SSSR count). The van der Waals surface area contributed by atoms with Crippen molar-refractivity contribution in [3.63, 3.8) is 0 Å². The Morgan fingerprint density at radius 1 is 0.938 bits per heavy atom. The van der Waals surface area contributed by atoms with Gasteiger partial charge in [-0.1, -0.05) is 27.7 Å². The number of carbonyl (C=O) groups excluding carboxylic acids is 4. The molecule has 32 heavy (non-hydrogen) atoms. The molecule has 2 aliphatic heterocycles. The van der Waals surface area contributed by atoms with Crippen LogP contribution in [0.2, 0.25) is 0 Å². The minimum absolute atomic E-state index is 0.00825. The number of rotatable bonds is 9. The van der Waals surface area contributed by atoms with Crippen LogP contribution in [-0.4, -0.2) is 64.5 Å². The third-order valence-corrected chi connectivity index (χ3v) is 7.16. The predicted octanol–water partition coefficient (Wildman–Crippen LogP) is 3.16. The van der Waals surface area contributed by atoms with Crippen molar-refractivity contribution in [1.29, 1.82) is 0 Å². The lowest BCUT2D eigenvalue weighted by Gasteiger charge is -2.35. The minimum atomic E-state index is -0.847. The van der Waals surface area contributed by atoms with Crippen LogP contribution in [0.3, 0.4) is 0 Å². The monoisotopic (exact) mass is 449 g/mol. The molecule has 2 heterocycles. The van der Waals surface area contributed by atoms with Crippen molar-refractivity contribution in [2.45, 2.75) is 98.1 Å². The Hall–Kier alpha value is -1.92. The summed E-state index contributed by atoms with van der Waals surface area (Å²) in [6.07, 6.45) is 5.22. The van der Waals surface area contributed by atoms with Crippen molar-refractivity contribution in [2.24, 2.45) is 17.8 Å². The number of piperidine rings is 1. The average Bonchev–Trinajstić information content (AvgIpc) is 3.14. The molecule has 2 saturated heterocycles. The number of likely N-dealkylation sites (tertiary alicyclic amines) is 2. The van der Waals surface area contributed by atoms with Crippen LogP contribution >= 0.6 is 0 Å². The van der Waals surface area contributed by atoms with Crippen LogP contribution in [0.5, 0.6) is 0 Å². The van der Waals surface area contributed by atoms with Crippen LogP contribution in [0.25, 0.3) is 0 Å². The quantitative estimate of drug-likeness (QED) is 0.586. The van der Waals surface area contributed by atoms with E-state index in [0.717, 1.165) is 38.8 Å². The van der Waals surface area contributed by atoms with E-state index >= 15 is 0 Å². The first-order chi connectivity index (χ1) is 15.0. The fourth-order valence-electron chi connectivity index (χ4n) is 5.12. The molecule has 0 aromatic rings. The molecular weight excluding hydrogens is 406 g/mol. The minimum Gasteiger partial charge on any atom is -0.344 e. The second-order valence-electron chi connectivity index (χ2n) is 10.6. The van der Waals surface area contributed by atoms with Gasteiger partial charge in [0.25, 0.3) is 0 Å². The van der Waals surface area contributed by atoms with Gasteiger partial charge in [0.15, 0.2) is 5.78 Å². The summed E-state index contributed by atoms with van der Waals surface area (Å²) in [5, 5.41) is 3.01. The zero-order valence-corrected chi connectivity index (χ0v) is 20.9. The standard InChI is InChI=1S/C25H43N3O4/c1-17(2)15-21(24(32)27-12-8-7-9-13-27)26-23(31)20(18(3)4)16-22(30)25(6)11-10-14-28(25)19(5)29/h17-18,20-21H,7-16H2,1-6H3,(H,26,31)/t20-,21-,25?/m0/s1. The summed E-state index contributed by atoms with van der Waals surface area (Å²) in [4.78, 5) is 55.3. The molecule has 2 aliphatic rings. The molecule has 0 aromatic heterocycles. The third-order valence-electron chi connectivity index (χ3n) is 7.16. The lowest BCUT2D eigenvalue weighted by atomic mass is 9.82. The molecular formula is C25H43N3O4. The molecule has 2 fully saturated rings. The van der Waals surface area contributed by atoms with Crippen LogP contribution < -0.4 is 5.32 Å². The summed E-state index contributed by atoms with van der Waals surface area (Å²) in [6, 6.07) is -0.562. The van der Waals surface area contributed by atoms with Gasteiger partial charge < -0.3 is 15.1 Å². The molecule has 0 aliphatic carbocycles. The number of hydrogen-bond donors (Lipinski definition) is 1. The fourth-order valence-corrected chi connectivity index (χ4v) is 5.12. The van der Waals surface area contributed by atoms with E-state index in [0.29, 0.717) is 19.4 Å². The molecule has 182 valence electrons. The summed E-state index contributed by atoms with van der Waals surface area (Å²) in [5.41, 5.74) is -0.847. The van der Waals surface area contributed by atoms with Crippen molar-refractivity contribution in [3.8, 4) is 0 Å². The molecule has 3 atom stereocenters. The summed E-state index contributed by atoms with van der Waals surface area (Å²) in [6.45, 7) is 13.3. The van der Waals surface area contributed by atoms with Gasteiger partial charge in [-0.2, -0.15) is 0 Å². The molecule has 0 aromatic carbocycles.